The molecule has 1 heterocycles. The molecule has 1 aromatic carbocycles. The predicted octanol–water partition coefficient (Wildman–Crippen LogP) is 2.24. The molecule has 2 N–H and O–H groups in total. The van der Waals surface area contributed by atoms with Crippen molar-refractivity contribution in [3.05, 3.63) is 52.3 Å². The predicted molar refractivity (Wildman–Crippen MR) is 84.9 cm³/mol. The second kappa shape index (κ2) is 7.24. The van der Waals surface area contributed by atoms with Gasteiger partial charge in [0.25, 0.3) is 11.8 Å². The molecular formula is C14H13ClN4O2S. The number of nitrogens with one attached hydrogen (secondary N) is 2. The van der Waals surface area contributed by atoms with E-state index >= 15 is 0 Å². The Balaban J connectivity index is 2.00. The van der Waals surface area contributed by atoms with E-state index in [4.69, 9.17) is 11.6 Å². The molecule has 0 saturated heterocycles. The van der Waals surface area contributed by atoms with Crippen molar-refractivity contribution in [2.24, 2.45) is 0 Å². The fraction of sp³-hybridized carbons (Fsp3) is 0.143. The van der Waals surface area contributed by atoms with Gasteiger partial charge < -0.3 is 0 Å². The first-order valence-electron chi connectivity index (χ1n) is 6.25. The van der Waals surface area contributed by atoms with E-state index in [0.717, 1.165) is 5.56 Å². The molecule has 0 aliphatic heterocycles. The summed E-state index contributed by atoms with van der Waals surface area (Å²) in [5.74, 6) is -1.01. The van der Waals surface area contributed by atoms with Crippen LogP contribution in [0.15, 0.2) is 35.6 Å². The summed E-state index contributed by atoms with van der Waals surface area (Å²) in [5, 5.41) is 0.492. The number of hydrogen-bond acceptors (Lipinski definition) is 5. The molecule has 0 unspecified atom stereocenters. The third-order valence-corrected chi connectivity index (χ3v) is 3.60. The van der Waals surface area contributed by atoms with Crippen molar-refractivity contribution in [1.82, 2.24) is 20.8 Å². The topological polar surface area (TPSA) is 84.0 Å². The van der Waals surface area contributed by atoms with Crippen LogP contribution in [0.2, 0.25) is 5.15 Å². The van der Waals surface area contributed by atoms with E-state index in [1.165, 1.54) is 18.0 Å². The Bertz CT molecular complexity index is 706. The van der Waals surface area contributed by atoms with Crippen LogP contribution in [0.4, 0.5) is 0 Å². The summed E-state index contributed by atoms with van der Waals surface area (Å²) < 4.78 is 0. The maximum absolute atomic E-state index is 12.0. The minimum absolute atomic E-state index is 0.0291. The average Bonchev–Trinajstić information content (AvgIpc) is 2.52. The van der Waals surface area contributed by atoms with Gasteiger partial charge in [-0.2, -0.15) is 0 Å². The number of carbonyl (C=O) groups excluding carboxylic acids is 2. The lowest BCUT2D eigenvalue weighted by atomic mass is 10.1. The highest BCUT2D eigenvalue weighted by Crippen LogP contribution is 2.16. The van der Waals surface area contributed by atoms with Gasteiger partial charge in [-0.1, -0.05) is 41.1 Å². The summed E-state index contributed by atoms with van der Waals surface area (Å²) in [6.07, 6.45) is 3.11. The van der Waals surface area contributed by atoms with Gasteiger partial charge in [-0.15, -0.1) is 0 Å². The SMILES string of the molecule is CSc1ncc(C(=O)NNC(=O)c2ccc(C)cc2)c(Cl)n1. The number of halogens is 1. The van der Waals surface area contributed by atoms with E-state index in [2.05, 4.69) is 20.8 Å². The first-order chi connectivity index (χ1) is 10.5. The fourth-order valence-electron chi connectivity index (χ4n) is 1.55. The van der Waals surface area contributed by atoms with Gasteiger partial charge in [0.2, 0.25) is 0 Å². The van der Waals surface area contributed by atoms with Gasteiger partial charge in [-0.3, -0.25) is 20.4 Å². The van der Waals surface area contributed by atoms with Crippen LogP contribution in [-0.2, 0) is 0 Å². The summed E-state index contributed by atoms with van der Waals surface area (Å²) in [6, 6.07) is 6.95. The lowest BCUT2D eigenvalue weighted by molar-refractivity contribution is 0.0846. The van der Waals surface area contributed by atoms with Crippen LogP contribution >= 0.6 is 23.4 Å². The number of hydrogen-bond donors (Lipinski definition) is 2. The van der Waals surface area contributed by atoms with Crippen LogP contribution in [0.5, 0.6) is 0 Å². The van der Waals surface area contributed by atoms with Crippen LogP contribution < -0.4 is 10.9 Å². The van der Waals surface area contributed by atoms with E-state index in [1.807, 2.05) is 19.1 Å². The highest BCUT2D eigenvalue weighted by Gasteiger charge is 2.14. The van der Waals surface area contributed by atoms with Crippen LogP contribution in [0.1, 0.15) is 26.3 Å². The zero-order chi connectivity index (χ0) is 16.1. The highest BCUT2D eigenvalue weighted by molar-refractivity contribution is 7.98. The van der Waals surface area contributed by atoms with Gasteiger partial charge in [0, 0.05) is 11.8 Å². The smallest absolute Gasteiger partial charge is 0.267 e. The second-order valence-corrected chi connectivity index (χ2v) is 5.47. The molecule has 2 amide bonds. The van der Waals surface area contributed by atoms with Gasteiger partial charge in [-0.25, -0.2) is 9.97 Å². The molecule has 22 heavy (non-hydrogen) atoms. The van der Waals surface area contributed by atoms with E-state index in [-0.39, 0.29) is 10.7 Å². The molecule has 2 rings (SSSR count). The summed E-state index contributed by atoms with van der Waals surface area (Å²) in [7, 11) is 0. The van der Waals surface area contributed by atoms with Crippen molar-refractivity contribution < 1.29 is 9.59 Å². The number of hydrazine groups is 1. The molecule has 0 saturated carbocycles. The lowest BCUT2D eigenvalue weighted by Crippen LogP contribution is -2.41. The van der Waals surface area contributed by atoms with E-state index in [9.17, 15) is 9.59 Å². The second-order valence-electron chi connectivity index (χ2n) is 4.34. The molecule has 8 heteroatoms. The number of amides is 2. The molecule has 0 aliphatic carbocycles. The van der Waals surface area contributed by atoms with Gasteiger partial charge in [0.1, 0.15) is 5.15 Å². The minimum Gasteiger partial charge on any atom is -0.267 e. The van der Waals surface area contributed by atoms with Crippen molar-refractivity contribution in [3.8, 4) is 0 Å². The monoisotopic (exact) mass is 336 g/mol. The molecule has 0 fully saturated rings. The van der Waals surface area contributed by atoms with Crippen LogP contribution in [-0.4, -0.2) is 28.0 Å². The number of aryl methyl sites for hydroxylation is 1. The molecule has 2 aromatic rings. The number of aromatic nitrogens is 2. The molecule has 0 aliphatic rings. The third kappa shape index (κ3) is 3.96. The summed E-state index contributed by atoms with van der Waals surface area (Å²) in [4.78, 5) is 31.8. The van der Waals surface area contributed by atoms with E-state index in [0.29, 0.717) is 10.7 Å². The molecule has 1 aromatic heterocycles. The number of benzene rings is 1. The third-order valence-electron chi connectivity index (χ3n) is 2.75. The quantitative estimate of drug-likeness (QED) is 0.388. The van der Waals surface area contributed by atoms with Crippen molar-refractivity contribution in [2.75, 3.05) is 6.26 Å². The molecule has 0 radical (unpaired) electrons. The first kappa shape index (κ1) is 16.3. The summed E-state index contributed by atoms with van der Waals surface area (Å²) in [6.45, 7) is 1.92. The number of thioether (sulfide) groups is 1. The first-order valence-corrected chi connectivity index (χ1v) is 7.85. The summed E-state index contributed by atoms with van der Waals surface area (Å²) >= 11 is 7.23. The summed E-state index contributed by atoms with van der Waals surface area (Å²) in [5.41, 5.74) is 6.16. The van der Waals surface area contributed by atoms with E-state index in [1.54, 1.807) is 18.4 Å². The minimum atomic E-state index is -0.585. The maximum Gasteiger partial charge on any atom is 0.274 e. The number of rotatable bonds is 3. The van der Waals surface area contributed by atoms with Crippen molar-refractivity contribution >= 4 is 35.2 Å². The van der Waals surface area contributed by atoms with Crippen molar-refractivity contribution in [2.45, 2.75) is 12.1 Å². The number of nitrogens with zero attached hydrogens (tertiary/aromatic N) is 2. The molecule has 0 atom stereocenters. The highest BCUT2D eigenvalue weighted by atomic mass is 35.5. The fourth-order valence-corrected chi connectivity index (χ4v) is 2.16. The lowest BCUT2D eigenvalue weighted by Gasteiger charge is -2.08. The Hall–Kier alpha value is -2.12. The zero-order valence-electron chi connectivity index (χ0n) is 11.9. The number of carbonyl (C=O) groups is 2. The average molecular weight is 337 g/mol. The largest absolute Gasteiger partial charge is 0.274 e. The Morgan fingerprint density at radius 3 is 2.36 bits per heavy atom. The Kier molecular flexibility index (Phi) is 5.35. The standard InChI is InChI=1S/C14H13ClN4O2S/c1-8-3-5-9(6-4-8)12(20)18-19-13(21)10-7-16-14(22-2)17-11(10)15/h3-7H,1-2H3,(H,18,20)(H,19,21). The molecule has 114 valence electrons. The van der Waals surface area contributed by atoms with Gasteiger partial charge >= 0.3 is 0 Å². The maximum atomic E-state index is 12.0. The van der Waals surface area contributed by atoms with Crippen LogP contribution in [0.25, 0.3) is 0 Å². The Morgan fingerprint density at radius 1 is 1.14 bits per heavy atom. The van der Waals surface area contributed by atoms with Gasteiger partial charge in [0.05, 0.1) is 5.56 Å². The molecule has 0 bridgehead atoms. The van der Waals surface area contributed by atoms with Crippen molar-refractivity contribution in [3.63, 3.8) is 0 Å². The van der Waals surface area contributed by atoms with Crippen LogP contribution in [0, 0.1) is 6.92 Å². The normalized spacial score (nSPS) is 10.1. The van der Waals surface area contributed by atoms with Gasteiger partial charge in [-0.05, 0) is 25.3 Å². The molecule has 0 spiro atoms. The molecule has 6 nitrogen and oxygen atoms in total. The van der Waals surface area contributed by atoms with Crippen LogP contribution in [0.3, 0.4) is 0 Å². The Morgan fingerprint density at radius 2 is 1.77 bits per heavy atom. The van der Waals surface area contributed by atoms with Crippen molar-refractivity contribution in [1.29, 1.82) is 0 Å². The van der Waals surface area contributed by atoms with Gasteiger partial charge in [0.15, 0.2) is 5.16 Å². The Labute approximate surface area is 136 Å². The van der Waals surface area contributed by atoms with E-state index < -0.39 is 11.8 Å². The zero-order valence-corrected chi connectivity index (χ0v) is 13.5. The molecular weight excluding hydrogens is 324 g/mol.